The molecule has 0 unspecified atom stereocenters. The van der Waals surface area contributed by atoms with Gasteiger partial charge in [-0.1, -0.05) is 36.4 Å². The van der Waals surface area contributed by atoms with Crippen molar-refractivity contribution in [1.82, 2.24) is 10.2 Å². The Kier molecular flexibility index (Phi) is 7.17. The van der Waals surface area contributed by atoms with Crippen LogP contribution in [0.4, 0.5) is 0 Å². The van der Waals surface area contributed by atoms with E-state index < -0.39 is 0 Å². The topological polar surface area (TPSA) is 56.1 Å². The van der Waals surface area contributed by atoms with Gasteiger partial charge in [0.15, 0.2) is 0 Å². The number of nitrogens with one attached hydrogen (secondary N) is 1. The fraction of sp³-hybridized carbons (Fsp3) is 0.407. The molecule has 1 aliphatic carbocycles. The molecule has 0 spiro atoms. The number of benzene rings is 2. The van der Waals surface area contributed by atoms with E-state index >= 15 is 0 Å². The van der Waals surface area contributed by atoms with Crippen molar-refractivity contribution in [2.75, 3.05) is 13.1 Å². The molecule has 1 saturated carbocycles. The third-order valence-corrected chi connectivity index (χ3v) is 6.70. The van der Waals surface area contributed by atoms with Crippen LogP contribution in [0.15, 0.2) is 54.6 Å². The molecule has 0 radical (unpaired) electrons. The number of fused-ring (bicyclic) bond motifs is 1. The largest absolute Gasteiger partial charge is 0.350 e. The first kappa shape index (κ1) is 21.3. The summed E-state index contributed by atoms with van der Waals surface area (Å²) in [4.78, 5) is 14.8. The zero-order chi connectivity index (χ0) is 21.5. The molecule has 2 aromatic rings. The molecular formula is C27H31N3O. The summed E-state index contributed by atoms with van der Waals surface area (Å²) in [5, 5.41) is 12.3. The minimum Gasteiger partial charge on any atom is -0.350 e. The number of nitriles is 1. The minimum atomic E-state index is 0.0102. The highest BCUT2D eigenvalue weighted by atomic mass is 16.1. The number of carbonyl (C=O) groups is 1. The summed E-state index contributed by atoms with van der Waals surface area (Å²) in [6.07, 6.45) is 10.4. The van der Waals surface area contributed by atoms with Gasteiger partial charge in [0, 0.05) is 25.2 Å². The highest BCUT2D eigenvalue weighted by Gasteiger charge is 2.23. The fourth-order valence-electron chi connectivity index (χ4n) is 4.82. The Morgan fingerprint density at radius 2 is 1.90 bits per heavy atom. The molecule has 4 heteroatoms. The van der Waals surface area contributed by atoms with Crippen LogP contribution in [0.3, 0.4) is 0 Å². The Hall–Kier alpha value is -2.90. The standard InChI is InChI=1S/C27H31N3O/c28-19-23-6-10-24-15-17-30(20-25(24)18-23)16-14-22-7-11-26(12-8-22)29-27(31)13-9-21-4-2-1-3-5-21/h1-6,9-10,13,18,22,26H,7-8,11-12,14-17,20H2,(H,29,31)/b13-9+. The Labute approximate surface area is 185 Å². The third kappa shape index (κ3) is 6.06. The highest BCUT2D eigenvalue weighted by molar-refractivity contribution is 5.91. The van der Waals surface area contributed by atoms with Crippen molar-refractivity contribution in [1.29, 1.82) is 5.26 Å². The predicted octanol–water partition coefficient (Wildman–Crippen LogP) is 4.69. The van der Waals surface area contributed by atoms with Gasteiger partial charge >= 0.3 is 0 Å². The first-order chi connectivity index (χ1) is 15.2. The van der Waals surface area contributed by atoms with Crippen LogP contribution in [0.2, 0.25) is 0 Å². The molecule has 1 N–H and O–H groups in total. The molecule has 1 heterocycles. The number of rotatable bonds is 6. The maximum Gasteiger partial charge on any atom is 0.244 e. The van der Waals surface area contributed by atoms with E-state index in [-0.39, 0.29) is 5.91 Å². The lowest BCUT2D eigenvalue weighted by Gasteiger charge is -2.33. The van der Waals surface area contributed by atoms with Gasteiger partial charge in [-0.2, -0.15) is 5.26 Å². The van der Waals surface area contributed by atoms with Crippen LogP contribution in [0, 0.1) is 17.2 Å². The lowest BCUT2D eigenvalue weighted by Crippen LogP contribution is -2.37. The number of amides is 1. The van der Waals surface area contributed by atoms with Crippen LogP contribution >= 0.6 is 0 Å². The third-order valence-electron chi connectivity index (χ3n) is 6.70. The van der Waals surface area contributed by atoms with Crippen molar-refractivity contribution in [3.8, 4) is 6.07 Å². The normalized spacial score (nSPS) is 21.4. The van der Waals surface area contributed by atoms with E-state index in [0.29, 0.717) is 6.04 Å². The number of carbonyl (C=O) groups excluding carboxylic acids is 1. The maximum absolute atomic E-state index is 12.2. The van der Waals surface area contributed by atoms with Crippen molar-refractivity contribution in [3.63, 3.8) is 0 Å². The summed E-state index contributed by atoms with van der Waals surface area (Å²) < 4.78 is 0. The van der Waals surface area contributed by atoms with Gasteiger partial charge in [-0.15, -0.1) is 0 Å². The van der Waals surface area contributed by atoms with Crippen LogP contribution in [0.25, 0.3) is 6.08 Å². The van der Waals surface area contributed by atoms with Gasteiger partial charge in [0.05, 0.1) is 11.6 Å². The van der Waals surface area contributed by atoms with Crippen LogP contribution in [0.5, 0.6) is 0 Å². The van der Waals surface area contributed by atoms with Crippen LogP contribution in [-0.4, -0.2) is 29.9 Å². The van der Waals surface area contributed by atoms with Gasteiger partial charge in [0.2, 0.25) is 5.91 Å². The predicted molar refractivity (Wildman–Crippen MR) is 124 cm³/mol. The van der Waals surface area contributed by atoms with Crippen molar-refractivity contribution in [3.05, 3.63) is 76.9 Å². The zero-order valence-electron chi connectivity index (χ0n) is 18.1. The summed E-state index contributed by atoms with van der Waals surface area (Å²) in [7, 11) is 0. The second-order valence-electron chi connectivity index (χ2n) is 8.88. The molecule has 0 bridgehead atoms. The first-order valence-electron chi connectivity index (χ1n) is 11.5. The molecule has 0 atom stereocenters. The summed E-state index contributed by atoms with van der Waals surface area (Å²) >= 11 is 0. The quantitative estimate of drug-likeness (QED) is 0.699. The molecule has 4 rings (SSSR count). The number of hydrogen-bond donors (Lipinski definition) is 1. The Balaban J connectivity index is 1.17. The van der Waals surface area contributed by atoms with Crippen LogP contribution < -0.4 is 5.32 Å². The van der Waals surface area contributed by atoms with E-state index in [0.717, 1.165) is 55.9 Å². The molecular weight excluding hydrogens is 382 g/mol. The summed E-state index contributed by atoms with van der Waals surface area (Å²) in [6, 6.07) is 18.6. The molecule has 1 fully saturated rings. The molecule has 1 aliphatic heterocycles. The summed E-state index contributed by atoms with van der Waals surface area (Å²) in [5.74, 6) is 0.760. The molecule has 1 amide bonds. The van der Waals surface area contributed by atoms with Gasteiger partial charge in [-0.3, -0.25) is 9.69 Å². The SMILES string of the molecule is N#Cc1ccc2c(c1)CN(CCC1CCC(NC(=O)/C=C/c3ccccc3)CC1)CC2. The van der Waals surface area contributed by atoms with E-state index in [1.165, 1.54) is 30.4 Å². The van der Waals surface area contributed by atoms with Gasteiger partial charge in [0.1, 0.15) is 0 Å². The zero-order valence-corrected chi connectivity index (χ0v) is 18.1. The fourth-order valence-corrected chi connectivity index (χ4v) is 4.82. The monoisotopic (exact) mass is 413 g/mol. The van der Waals surface area contributed by atoms with Gasteiger partial charge in [-0.05, 0) is 85.9 Å². The van der Waals surface area contributed by atoms with Crippen molar-refractivity contribution in [2.24, 2.45) is 5.92 Å². The average molecular weight is 414 g/mol. The lowest BCUT2D eigenvalue weighted by molar-refractivity contribution is -0.117. The first-order valence-corrected chi connectivity index (χ1v) is 11.5. The molecule has 160 valence electrons. The van der Waals surface area contributed by atoms with Gasteiger partial charge < -0.3 is 5.32 Å². The Morgan fingerprint density at radius 1 is 1.10 bits per heavy atom. The van der Waals surface area contributed by atoms with E-state index in [4.69, 9.17) is 5.26 Å². The minimum absolute atomic E-state index is 0.0102. The van der Waals surface area contributed by atoms with Crippen molar-refractivity contribution >= 4 is 12.0 Å². The van der Waals surface area contributed by atoms with Crippen molar-refractivity contribution < 1.29 is 4.79 Å². The maximum atomic E-state index is 12.2. The highest BCUT2D eigenvalue weighted by Crippen LogP contribution is 2.28. The molecule has 2 aromatic carbocycles. The average Bonchev–Trinajstić information content (AvgIpc) is 2.82. The molecule has 0 aromatic heterocycles. The second kappa shape index (κ2) is 10.4. The molecule has 31 heavy (non-hydrogen) atoms. The Bertz CT molecular complexity index is 952. The molecule has 2 aliphatic rings. The van der Waals surface area contributed by atoms with Gasteiger partial charge in [0.25, 0.3) is 0 Å². The van der Waals surface area contributed by atoms with Crippen molar-refractivity contribution in [2.45, 2.75) is 51.1 Å². The van der Waals surface area contributed by atoms with Gasteiger partial charge in [-0.25, -0.2) is 0 Å². The van der Waals surface area contributed by atoms with E-state index in [1.807, 2.05) is 42.5 Å². The Morgan fingerprint density at radius 3 is 2.68 bits per heavy atom. The number of nitrogens with zero attached hydrogens (tertiary/aromatic N) is 2. The van der Waals surface area contributed by atoms with Crippen LogP contribution in [0.1, 0.15) is 54.4 Å². The van der Waals surface area contributed by atoms with Crippen LogP contribution in [-0.2, 0) is 17.8 Å². The van der Waals surface area contributed by atoms with E-state index in [1.54, 1.807) is 6.08 Å². The second-order valence-corrected chi connectivity index (χ2v) is 8.88. The summed E-state index contributed by atoms with van der Waals surface area (Å²) in [5.41, 5.74) is 4.53. The molecule has 0 saturated heterocycles. The smallest absolute Gasteiger partial charge is 0.244 e. The lowest BCUT2D eigenvalue weighted by atomic mass is 9.84. The number of hydrogen-bond acceptors (Lipinski definition) is 3. The summed E-state index contributed by atoms with van der Waals surface area (Å²) in [6.45, 7) is 3.19. The van der Waals surface area contributed by atoms with E-state index in [2.05, 4.69) is 28.4 Å². The van der Waals surface area contributed by atoms with E-state index in [9.17, 15) is 4.79 Å². The molecule has 4 nitrogen and oxygen atoms in total.